The highest BCUT2D eigenvalue weighted by atomic mass is 16.5. The molecule has 0 N–H and O–H groups in total. The molecule has 0 aromatic heterocycles. The van der Waals surface area contributed by atoms with Gasteiger partial charge in [-0.1, -0.05) is 49.4 Å². The molecule has 1 saturated heterocycles. The highest BCUT2D eigenvalue weighted by Gasteiger charge is 2.34. The van der Waals surface area contributed by atoms with Crippen molar-refractivity contribution in [3.63, 3.8) is 0 Å². The molecule has 2 aliphatic heterocycles. The van der Waals surface area contributed by atoms with Gasteiger partial charge in [0.15, 0.2) is 0 Å². The van der Waals surface area contributed by atoms with Gasteiger partial charge in [-0.15, -0.1) is 0 Å². The molecule has 2 heterocycles. The Morgan fingerprint density at radius 3 is 2.60 bits per heavy atom. The molecule has 1 atom stereocenters. The fourth-order valence-corrected chi connectivity index (χ4v) is 4.49. The monoisotopic (exact) mass is 478 g/mol. The summed E-state index contributed by atoms with van der Waals surface area (Å²) in [5, 5.41) is 6.32. The van der Waals surface area contributed by atoms with E-state index in [0.29, 0.717) is 32.6 Å². The van der Waals surface area contributed by atoms with Crippen molar-refractivity contribution in [2.45, 2.75) is 25.8 Å². The predicted molar refractivity (Wildman–Crippen MR) is 134 cm³/mol. The molecule has 8 heteroatoms. The molecular weight excluding hydrogens is 444 g/mol. The molecular formula is C27H34N4O4. The van der Waals surface area contributed by atoms with Crippen molar-refractivity contribution in [2.75, 3.05) is 53.0 Å². The summed E-state index contributed by atoms with van der Waals surface area (Å²) in [7, 11) is 1.63. The summed E-state index contributed by atoms with van der Waals surface area (Å²) in [5.41, 5.74) is 2.77. The first-order chi connectivity index (χ1) is 17.1. The minimum Gasteiger partial charge on any atom is -0.497 e. The van der Waals surface area contributed by atoms with Crippen LogP contribution in [0.2, 0.25) is 0 Å². The number of hydrazone groups is 1. The molecule has 0 bridgehead atoms. The fraction of sp³-hybridized carbons (Fsp3) is 0.444. The Kier molecular flexibility index (Phi) is 8.50. The number of amides is 2. The van der Waals surface area contributed by atoms with Gasteiger partial charge in [-0.2, -0.15) is 5.10 Å². The largest absolute Gasteiger partial charge is 0.497 e. The molecule has 0 spiro atoms. The van der Waals surface area contributed by atoms with Crippen LogP contribution in [0, 0.1) is 0 Å². The number of carbonyl (C=O) groups is 2. The molecule has 2 aromatic carbocycles. The summed E-state index contributed by atoms with van der Waals surface area (Å²) in [6, 6.07) is 17.4. The average Bonchev–Trinajstić information content (AvgIpc) is 3.37. The number of hydrogen-bond acceptors (Lipinski definition) is 6. The first-order valence-electron chi connectivity index (χ1n) is 12.3. The summed E-state index contributed by atoms with van der Waals surface area (Å²) in [4.78, 5) is 30.2. The summed E-state index contributed by atoms with van der Waals surface area (Å²) >= 11 is 0. The number of methoxy groups -OCH3 is 1. The molecule has 8 nitrogen and oxygen atoms in total. The SMILES string of the molecule is CCC(=O)N(CCN1CCOCC1)CC(=O)N1N=C(c2cccc(OC)c2)CC1c1ccccc1. The van der Waals surface area contributed by atoms with E-state index in [1.807, 2.05) is 61.5 Å². The summed E-state index contributed by atoms with van der Waals surface area (Å²) in [5.74, 6) is 0.536. The number of nitrogens with zero attached hydrogens (tertiary/aromatic N) is 4. The van der Waals surface area contributed by atoms with E-state index in [2.05, 4.69) is 4.90 Å². The number of benzene rings is 2. The van der Waals surface area contributed by atoms with Crippen LogP contribution in [0.25, 0.3) is 0 Å². The first kappa shape index (κ1) is 24.9. The van der Waals surface area contributed by atoms with E-state index in [1.54, 1.807) is 17.0 Å². The van der Waals surface area contributed by atoms with E-state index >= 15 is 0 Å². The lowest BCUT2D eigenvalue weighted by Gasteiger charge is -2.31. The second-order valence-electron chi connectivity index (χ2n) is 8.77. The highest BCUT2D eigenvalue weighted by molar-refractivity contribution is 6.03. The van der Waals surface area contributed by atoms with Crippen molar-refractivity contribution >= 4 is 17.5 Å². The molecule has 4 rings (SSSR count). The van der Waals surface area contributed by atoms with Crippen LogP contribution in [0.3, 0.4) is 0 Å². The molecule has 2 amide bonds. The predicted octanol–water partition coefficient (Wildman–Crippen LogP) is 2.94. The van der Waals surface area contributed by atoms with Crippen LogP contribution in [0.4, 0.5) is 0 Å². The van der Waals surface area contributed by atoms with Gasteiger partial charge in [-0.05, 0) is 17.7 Å². The van der Waals surface area contributed by atoms with E-state index in [9.17, 15) is 9.59 Å². The molecule has 1 unspecified atom stereocenters. The van der Waals surface area contributed by atoms with Gasteiger partial charge < -0.3 is 14.4 Å². The molecule has 2 aromatic rings. The van der Waals surface area contributed by atoms with Gasteiger partial charge in [0.25, 0.3) is 5.91 Å². The Morgan fingerprint density at radius 1 is 1.11 bits per heavy atom. The van der Waals surface area contributed by atoms with Crippen molar-refractivity contribution in [1.82, 2.24) is 14.8 Å². The second kappa shape index (κ2) is 12.0. The van der Waals surface area contributed by atoms with Crippen molar-refractivity contribution in [3.8, 4) is 5.75 Å². The van der Waals surface area contributed by atoms with Gasteiger partial charge in [0, 0.05) is 44.6 Å². The Bertz CT molecular complexity index is 1040. The van der Waals surface area contributed by atoms with Crippen molar-refractivity contribution in [1.29, 1.82) is 0 Å². The zero-order valence-corrected chi connectivity index (χ0v) is 20.6. The van der Waals surface area contributed by atoms with Gasteiger partial charge in [0.2, 0.25) is 5.91 Å². The molecule has 186 valence electrons. The van der Waals surface area contributed by atoms with Crippen LogP contribution >= 0.6 is 0 Å². The van der Waals surface area contributed by atoms with Gasteiger partial charge in [-0.3, -0.25) is 14.5 Å². The van der Waals surface area contributed by atoms with E-state index in [0.717, 1.165) is 42.2 Å². The van der Waals surface area contributed by atoms with Crippen LogP contribution in [0.5, 0.6) is 5.75 Å². The van der Waals surface area contributed by atoms with E-state index in [-0.39, 0.29) is 24.4 Å². The van der Waals surface area contributed by atoms with Gasteiger partial charge in [-0.25, -0.2) is 5.01 Å². The van der Waals surface area contributed by atoms with Gasteiger partial charge >= 0.3 is 0 Å². The van der Waals surface area contributed by atoms with Crippen molar-refractivity contribution in [3.05, 3.63) is 65.7 Å². The maximum Gasteiger partial charge on any atom is 0.262 e. The molecule has 1 fully saturated rings. The lowest BCUT2D eigenvalue weighted by atomic mass is 9.98. The smallest absolute Gasteiger partial charge is 0.262 e. The Labute approximate surface area is 207 Å². The Morgan fingerprint density at radius 2 is 1.89 bits per heavy atom. The molecule has 0 saturated carbocycles. The third-order valence-electron chi connectivity index (χ3n) is 6.52. The minimum absolute atomic E-state index is 0.00916. The number of carbonyl (C=O) groups excluding carboxylic acids is 2. The van der Waals surface area contributed by atoms with E-state index in [4.69, 9.17) is 14.6 Å². The lowest BCUT2D eigenvalue weighted by molar-refractivity contribution is -0.141. The number of hydrogen-bond donors (Lipinski definition) is 0. The molecule has 0 aliphatic carbocycles. The van der Waals surface area contributed by atoms with E-state index < -0.39 is 0 Å². The first-order valence-corrected chi connectivity index (χ1v) is 12.3. The quantitative estimate of drug-likeness (QED) is 0.554. The zero-order chi connectivity index (χ0) is 24.6. The van der Waals surface area contributed by atoms with Crippen LogP contribution in [0.15, 0.2) is 59.7 Å². The molecule has 0 radical (unpaired) electrons. The van der Waals surface area contributed by atoms with Gasteiger partial charge in [0.05, 0.1) is 32.1 Å². The average molecular weight is 479 g/mol. The van der Waals surface area contributed by atoms with Crippen LogP contribution in [0.1, 0.15) is 36.9 Å². The third kappa shape index (κ3) is 6.26. The molecule has 35 heavy (non-hydrogen) atoms. The maximum absolute atomic E-state index is 13.6. The van der Waals surface area contributed by atoms with Crippen molar-refractivity contribution in [2.24, 2.45) is 5.10 Å². The summed E-state index contributed by atoms with van der Waals surface area (Å²) in [6.07, 6.45) is 0.954. The summed E-state index contributed by atoms with van der Waals surface area (Å²) in [6.45, 7) is 6.17. The standard InChI is InChI=1S/C27H34N4O4/c1-3-26(32)30(13-12-29-14-16-35-17-15-29)20-27(33)31-25(21-8-5-4-6-9-21)19-24(28-31)22-10-7-11-23(18-22)34-2/h4-11,18,25H,3,12-17,19-20H2,1-2H3. The van der Waals surface area contributed by atoms with Gasteiger partial charge in [0.1, 0.15) is 12.3 Å². The fourth-order valence-electron chi connectivity index (χ4n) is 4.49. The summed E-state index contributed by atoms with van der Waals surface area (Å²) < 4.78 is 10.8. The van der Waals surface area contributed by atoms with E-state index in [1.165, 1.54) is 0 Å². The lowest BCUT2D eigenvalue weighted by Crippen LogP contribution is -2.46. The van der Waals surface area contributed by atoms with Crippen LogP contribution < -0.4 is 4.74 Å². The second-order valence-corrected chi connectivity index (χ2v) is 8.77. The normalized spacial score (nSPS) is 18.3. The maximum atomic E-state index is 13.6. The van der Waals surface area contributed by atoms with Crippen molar-refractivity contribution < 1.29 is 19.1 Å². The Balaban J connectivity index is 1.54. The Hall–Kier alpha value is -3.23. The third-order valence-corrected chi connectivity index (χ3v) is 6.52. The highest BCUT2D eigenvalue weighted by Crippen LogP contribution is 2.33. The number of ether oxygens (including phenoxy) is 2. The van der Waals surface area contributed by atoms with Crippen LogP contribution in [-0.4, -0.2) is 85.4 Å². The zero-order valence-electron chi connectivity index (χ0n) is 20.6. The minimum atomic E-state index is -0.220. The topological polar surface area (TPSA) is 74.7 Å². The number of rotatable bonds is 9. The number of morpholine rings is 1. The molecule has 2 aliphatic rings. The van der Waals surface area contributed by atoms with Crippen LogP contribution in [-0.2, 0) is 14.3 Å².